The second-order valence-corrected chi connectivity index (χ2v) is 12.4. The predicted molar refractivity (Wildman–Crippen MR) is 210 cm³/mol. The first-order valence-electron chi connectivity index (χ1n) is 17.6. The lowest BCUT2D eigenvalue weighted by molar-refractivity contribution is -0.130. The molecule has 16 heteroatoms. The SMILES string of the molecule is C=C/C=C(\C=C)C[C@H](NC(=O)CNC(=O)/C=C\C=O)C(=O)NCC(=O)NPC[C@@H](C=O)NC.CCCC(C)CCC.CCCNC(=O)c1cnccn1. The van der Waals surface area contributed by atoms with Gasteiger partial charge in [-0.3, -0.25) is 33.8 Å². The van der Waals surface area contributed by atoms with Gasteiger partial charge in [0.05, 0.1) is 25.3 Å². The topological polar surface area (TPSA) is 217 Å². The number of amides is 5. The highest BCUT2D eigenvalue weighted by Crippen LogP contribution is 2.11. The van der Waals surface area contributed by atoms with Gasteiger partial charge in [0.1, 0.15) is 24.3 Å². The molecule has 6 N–H and O–H groups in total. The zero-order chi connectivity index (χ0) is 40.3. The second-order valence-electron chi connectivity index (χ2n) is 11.4. The number of likely N-dealkylation sites (N-methyl/N-ethyl adjacent to an activating group) is 1. The van der Waals surface area contributed by atoms with E-state index in [2.05, 4.69) is 75.6 Å². The van der Waals surface area contributed by atoms with E-state index >= 15 is 0 Å². The summed E-state index contributed by atoms with van der Waals surface area (Å²) in [7, 11) is 1.61. The van der Waals surface area contributed by atoms with Gasteiger partial charge in [0.15, 0.2) is 0 Å². The molecule has 0 aliphatic rings. The molecule has 1 aromatic rings. The molecule has 5 amide bonds. The molecule has 0 aromatic carbocycles. The molecule has 3 atom stereocenters. The largest absolute Gasteiger partial charge is 0.351 e. The van der Waals surface area contributed by atoms with E-state index in [4.69, 9.17) is 0 Å². The zero-order valence-electron chi connectivity index (χ0n) is 31.7. The highest BCUT2D eigenvalue weighted by Gasteiger charge is 2.22. The van der Waals surface area contributed by atoms with Gasteiger partial charge in [0.2, 0.25) is 23.6 Å². The maximum Gasteiger partial charge on any atom is 0.271 e. The summed E-state index contributed by atoms with van der Waals surface area (Å²) in [5.74, 6) is -1.57. The summed E-state index contributed by atoms with van der Waals surface area (Å²) in [6.45, 7) is 16.0. The molecule has 0 bridgehead atoms. The Balaban J connectivity index is 0. The lowest BCUT2D eigenvalue weighted by atomic mass is 10.0. The lowest BCUT2D eigenvalue weighted by Gasteiger charge is -2.19. The molecule has 0 radical (unpaired) electrons. The quantitative estimate of drug-likeness (QED) is 0.0392. The summed E-state index contributed by atoms with van der Waals surface area (Å²) >= 11 is 0. The Morgan fingerprint density at radius 1 is 0.925 bits per heavy atom. The van der Waals surface area contributed by atoms with E-state index in [9.17, 15) is 33.6 Å². The molecule has 0 saturated heterocycles. The van der Waals surface area contributed by atoms with Gasteiger partial charge in [0, 0.05) is 37.6 Å². The van der Waals surface area contributed by atoms with Crippen LogP contribution >= 0.6 is 8.73 Å². The molecule has 0 saturated carbocycles. The van der Waals surface area contributed by atoms with Crippen molar-refractivity contribution >= 4 is 50.8 Å². The van der Waals surface area contributed by atoms with Crippen LogP contribution in [-0.4, -0.2) is 97.0 Å². The molecule has 1 unspecified atom stereocenters. The number of rotatable bonds is 24. The minimum absolute atomic E-state index is 0.0217. The number of allylic oxidation sites excluding steroid dienone is 4. The number of hydrogen-bond acceptors (Lipinski definition) is 10. The molecule has 1 aromatic heterocycles. The van der Waals surface area contributed by atoms with Crippen LogP contribution in [0.25, 0.3) is 0 Å². The van der Waals surface area contributed by atoms with Crippen molar-refractivity contribution in [2.75, 3.05) is 32.8 Å². The zero-order valence-corrected chi connectivity index (χ0v) is 32.7. The summed E-state index contributed by atoms with van der Waals surface area (Å²) < 4.78 is 0. The summed E-state index contributed by atoms with van der Waals surface area (Å²) in [6, 6.07) is -1.43. The van der Waals surface area contributed by atoms with Gasteiger partial charge in [-0.05, 0) is 39.8 Å². The molecule has 53 heavy (non-hydrogen) atoms. The van der Waals surface area contributed by atoms with E-state index in [0.29, 0.717) is 30.3 Å². The Labute approximate surface area is 316 Å². The highest BCUT2D eigenvalue weighted by atomic mass is 31.1. The predicted octanol–water partition coefficient (Wildman–Crippen LogP) is 2.48. The van der Waals surface area contributed by atoms with Crippen molar-refractivity contribution in [3.8, 4) is 0 Å². The Morgan fingerprint density at radius 2 is 1.60 bits per heavy atom. The fourth-order valence-corrected chi connectivity index (χ4v) is 5.01. The van der Waals surface area contributed by atoms with Crippen molar-refractivity contribution in [2.45, 2.75) is 78.3 Å². The van der Waals surface area contributed by atoms with Crippen molar-refractivity contribution in [2.24, 2.45) is 5.92 Å². The Hall–Kier alpha value is -4.88. The fourth-order valence-electron chi connectivity index (χ4n) is 4.10. The van der Waals surface area contributed by atoms with Crippen LogP contribution in [-0.2, 0) is 28.8 Å². The molecule has 15 nitrogen and oxygen atoms in total. The highest BCUT2D eigenvalue weighted by molar-refractivity contribution is 7.36. The van der Waals surface area contributed by atoms with Crippen LogP contribution in [0.4, 0.5) is 0 Å². The van der Waals surface area contributed by atoms with Crippen LogP contribution in [0.2, 0.25) is 0 Å². The minimum atomic E-state index is -1.05. The van der Waals surface area contributed by atoms with Crippen LogP contribution in [0.3, 0.4) is 0 Å². The third kappa shape index (κ3) is 28.4. The normalized spacial score (nSPS) is 11.8. The fraction of sp³-hybridized carbons (Fsp3) is 0.486. The first-order valence-corrected chi connectivity index (χ1v) is 18.8. The number of carbonyl (C=O) groups is 7. The van der Waals surface area contributed by atoms with Crippen molar-refractivity contribution in [1.29, 1.82) is 0 Å². The molecule has 1 rings (SSSR count). The maximum absolute atomic E-state index is 12.6. The van der Waals surface area contributed by atoms with Crippen molar-refractivity contribution in [3.05, 3.63) is 73.4 Å². The summed E-state index contributed by atoms with van der Waals surface area (Å²) in [6.07, 6.45) is 19.1. The Morgan fingerprint density at radius 3 is 2.13 bits per heavy atom. The number of hydrogen-bond donors (Lipinski definition) is 6. The van der Waals surface area contributed by atoms with Crippen LogP contribution in [0.1, 0.15) is 76.7 Å². The van der Waals surface area contributed by atoms with E-state index in [1.807, 2.05) is 6.92 Å². The van der Waals surface area contributed by atoms with Crippen molar-refractivity contribution in [1.82, 2.24) is 41.6 Å². The molecule has 294 valence electrons. The molecule has 0 aliphatic heterocycles. The molecular formula is C37H59N8O7P. The third-order valence-corrected chi connectivity index (χ3v) is 7.94. The average molecular weight is 759 g/mol. The summed E-state index contributed by atoms with van der Waals surface area (Å²) in [4.78, 5) is 88.0. The standard InChI is InChI=1S/C21H30N5O6P.C8H11N3O.C8H18/c1-4-7-15(5-2)10-17(25-19(30)11-23-18(29)8-6-9-27)21(32)24-12-20(31)26-33-14-16(13-28)22-3;1-2-3-11-8(12)7-6-9-4-5-10-7;1-4-6-8(3)7-5-2/h4-9,13,16-17,22,33H,1-2,10-12,14H2,3H3,(H,23,29)(H,24,32)(H,25,30)(H,26,31);4-6H,2-3H2,1H3,(H,11,12);8H,4-7H2,1-3H3/b8-6-,15-7+;;/t16-,17+;;/m1../s1. The number of carbonyl (C=O) groups excluding carboxylic acids is 7. The van der Waals surface area contributed by atoms with E-state index in [-0.39, 0.29) is 33.6 Å². The number of aromatic nitrogens is 2. The average Bonchev–Trinajstić information content (AvgIpc) is 3.16. The van der Waals surface area contributed by atoms with Crippen LogP contribution in [0.15, 0.2) is 67.7 Å². The van der Waals surface area contributed by atoms with Crippen LogP contribution in [0, 0.1) is 5.92 Å². The Kier molecular flexibility index (Phi) is 32.4. The van der Waals surface area contributed by atoms with Gasteiger partial charge in [-0.25, -0.2) is 4.98 Å². The van der Waals surface area contributed by atoms with Gasteiger partial charge in [-0.2, -0.15) is 0 Å². The van der Waals surface area contributed by atoms with Crippen molar-refractivity contribution in [3.63, 3.8) is 0 Å². The molecule has 0 spiro atoms. The lowest BCUT2D eigenvalue weighted by Crippen LogP contribution is -2.50. The number of nitrogens with one attached hydrogen (secondary N) is 6. The first kappa shape index (κ1) is 50.2. The molecule has 0 fully saturated rings. The van der Waals surface area contributed by atoms with E-state index in [1.54, 1.807) is 13.1 Å². The Bertz CT molecular complexity index is 1320. The summed E-state index contributed by atoms with van der Waals surface area (Å²) in [5, 5.41) is 15.3. The second kappa shape index (κ2) is 34.2. The smallest absolute Gasteiger partial charge is 0.271 e. The first-order chi connectivity index (χ1) is 25.5. The van der Waals surface area contributed by atoms with Gasteiger partial charge in [0.25, 0.3) is 5.91 Å². The van der Waals surface area contributed by atoms with Crippen LogP contribution < -0.4 is 31.7 Å². The minimum Gasteiger partial charge on any atom is -0.351 e. The van der Waals surface area contributed by atoms with Gasteiger partial charge >= 0.3 is 0 Å². The third-order valence-electron chi connectivity index (χ3n) is 6.84. The summed E-state index contributed by atoms with van der Waals surface area (Å²) in [5.41, 5.74) is 0.979. The molecule has 0 aliphatic carbocycles. The van der Waals surface area contributed by atoms with Gasteiger partial charge in [-0.15, -0.1) is 0 Å². The number of nitrogens with zero attached hydrogens (tertiary/aromatic N) is 2. The molecule has 1 heterocycles. The molecular weight excluding hydrogens is 699 g/mol. The van der Waals surface area contributed by atoms with E-state index in [0.717, 1.165) is 30.8 Å². The van der Waals surface area contributed by atoms with E-state index in [1.165, 1.54) is 56.4 Å². The van der Waals surface area contributed by atoms with Crippen LogP contribution in [0.5, 0.6) is 0 Å². The van der Waals surface area contributed by atoms with Crippen molar-refractivity contribution < 1.29 is 33.6 Å². The number of aldehydes is 2. The monoisotopic (exact) mass is 758 g/mol. The maximum atomic E-state index is 12.6. The van der Waals surface area contributed by atoms with E-state index < -0.39 is 36.2 Å². The van der Waals surface area contributed by atoms with Gasteiger partial charge in [-0.1, -0.05) is 84.8 Å². The van der Waals surface area contributed by atoms with Gasteiger partial charge < -0.3 is 36.5 Å².